The molecule has 0 saturated heterocycles. The summed E-state index contributed by atoms with van der Waals surface area (Å²) in [6.45, 7) is 3.05. The number of anilines is 1. The van der Waals surface area contributed by atoms with Gasteiger partial charge in [-0.1, -0.05) is 31.9 Å². The quantitative estimate of drug-likeness (QED) is 0.821. The minimum absolute atomic E-state index is 0.178. The first-order valence-corrected chi connectivity index (χ1v) is 8.87. The van der Waals surface area contributed by atoms with Gasteiger partial charge in [-0.15, -0.1) is 0 Å². The van der Waals surface area contributed by atoms with Crippen molar-refractivity contribution in [1.29, 1.82) is 0 Å². The third-order valence-electron chi connectivity index (χ3n) is 3.89. The summed E-state index contributed by atoms with van der Waals surface area (Å²) in [6.07, 6.45) is 4.52. The summed E-state index contributed by atoms with van der Waals surface area (Å²) in [7, 11) is -3.17. The molecule has 0 amide bonds. The molecule has 1 aliphatic carbocycles. The van der Waals surface area contributed by atoms with Crippen molar-refractivity contribution in [3.8, 4) is 0 Å². The normalized spacial score (nSPS) is 16.9. The Bertz CT molecular complexity index is 519. The van der Waals surface area contributed by atoms with Crippen LogP contribution in [0, 0.1) is 0 Å². The van der Waals surface area contributed by atoms with Gasteiger partial charge in [0.25, 0.3) is 0 Å². The maximum absolute atomic E-state index is 12.7. The molecule has 0 bridgehead atoms. The smallest absolute Gasteiger partial charge is 0.217 e. The number of nitrogens with two attached hydrogens (primary N) is 1. The van der Waals surface area contributed by atoms with E-state index < -0.39 is 10.0 Å². The van der Waals surface area contributed by atoms with E-state index >= 15 is 0 Å². The molecule has 1 saturated carbocycles. The lowest BCUT2D eigenvalue weighted by molar-refractivity contribution is 0.398. The highest BCUT2D eigenvalue weighted by molar-refractivity contribution is 7.89. The van der Waals surface area contributed by atoms with Crippen molar-refractivity contribution in [2.75, 3.05) is 12.3 Å². The lowest BCUT2D eigenvalue weighted by Crippen LogP contribution is -2.37. The van der Waals surface area contributed by atoms with Crippen LogP contribution in [-0.4, -0.2) is 24.5 Å². The van der Waals surface area contributed by atoms with Crippen molar-refractivity contribution in [3.63, 3.8) is 0 Å². The van der Waals surface area contributed by atoms with Gasteiger partial charge in [0.2, 0.25) is 10.0 Å². The second-order valence-corrected chi connectivity index (χ2v) is 7.74. The summed E-state index contributed by atoms with van der Waals surface area (Å²) < 4.78 is 27.0. The summed E-state index contributed by atoms with van der Waals surface area (Å²) in [5.41, 5.74) is 7.37. The zero-order chi connectivity index (χ0) is 14.6. The van der Waals surface area contributed by atoms with Gasteiger partial charge in [0.1, 0.15) is 0 Å². The maximum atomic E-state index is 12.7. The Balaban J connectivity index is 2.15. The lowest BCUT2D eigenvalue weighted by Gasteiger charge is -2.25. The van der Waals surface area contributed by atoms with E-state index in [1.165, 1.54) is 0 Å². The number of nitrogens with zero attached hydrogens (tertiary/aromatic N) is 1. The van der Waals surface area contributed by atoms with Crippen LogP contribution in [0.2, 0.25) is 0 Å². The number of nitrogen functional groups attached to an aromatic ring is 1. The molecule has 1 aliphatic rings. The fraction of sp³-hybridized carbons (Fsp3) is 0.600. The Morgan fingerprint density at radius 1 is 1.20 bits per heavy atom. The molecular weight excluding hydrogens is 272 g/mol. The van der Waals surface area contributed by atoms with E-state index in [0.29, 0.717) is 18.8 Å². The third kappa shape index (κ3) is 3.52. The van der Waals surface area contributed by atoms with E-state index in [1.807, 2.05) is 31.2 Å². The molecule has 4 nitrogen and oxygen atoms in total. The first kappa shape index (κ1) is 15.3. The number of benzene rings is 1. The van der Waals surface area contributed by atoms with Crippen molar-refractivity contribution in [2.45, 2.75) is 50.8 Å². The summed E-state index contributed by atoms with van der Waals surface area (Å²) in [6, 6.07) is 7.45. The molecule has 1 aromatic rings. The van der Waals surface area contributed by atoms with Gasteiger partial charge >= 0.3 is 0 Å². The lowest BCUT2D eigenvalue weighted by atomic mass is 10.2. The molecule has 1 fully saturated rings. The van der Waals surface area contributed by atoms with Gasteiger partial charge < -0.3 is 5.73 Å². The van der Waals surface area contributed by atoms with Crippen LogP contribution in [0.1, 0.15) is 44.6 Å². The van der Waals surface area contributed by atoms with Gasteiger partial charge in [-0.05, 0) is 37.0 Å². The molecule has 112 valence electrons. The van der Waals surface area contributed by atoms with Crippen LogP contribution in [0.5, 0.6) is 0 Å². The highest BCUT2D eigenvalue weighted by atomic mass is 32.2. The topological polar surface area (TPSA) is 63.4 Å². The van der Waals surface area contributed by atoms with Crippen LogP contribution in [0.15, 0.2) is 24.3 Å². The Hall–Kier alpha value is -1.07. The van der Waals surface area contributed by atoms with E-state index in [9.17, 15) is 8.42 Å². The summed E-state index contributed by atoms with van der Waals surface area (Å²) in [5, 5.41) is -0.178. The summed E-state index contributed by atoms with van der Waals surface area (Å²) in [4.78, 5) is 0. The molecule has 5 heteroatoms. The average Bonchev–Trinajstić information content (AvgIpc) is 2.95. The molecule has 0 aromatic heterocycles. The van der Waals surface area contributed by atoms with E-state index in [1.54, 1.807) is 4.31 Å². The molecule has 0 aliphatic heterocycles. The number of rotatable bonds is 6. The van der Waals surface area contributed by atoms with Crippen LogP contribution in [-0.2, 0) is 16.6 Å². The van der Waals surface area contributed by atoms with Crippen molar-refractivity contribution >= 4 is 15.7 Å². The molecule has 2 N–H and O–H groups in total. The first-order valence-electron chi connectivity index (χ1n) is 7.37. The highest BCUT2D eigenvalue weighted by Gasteiger charge is 2.33. The molecule has 1 aromatic carbocycles. The molecule has 20 heavy (non-hydrogen) atoms. The number of hydrogen-bond acceptors (Lipinski definition) is 3. The van der Waals surface area contributed by atoms with Crippen LogP contribution < -0.4 is 5.73 Å². The fourth-order valence-electron chi connectivity index (χ4n) is 2.77. The Morgan fingerprint density at radius 3 is 2.35 bits per heavy atom. The largest absolute Gasteiger partial charge is 0.399 e. The molecule has 0 atom stereocenters. The van der Waals surface area contributed by atoms with Gasteiger partial charge in [-0.25, -0.2) is 8.42 Å². The fourth-order valence-corrected chi connectivity index (χ4v) is 4.89. The van der Waals surface area contributed by atoms with Crippen LogP contribution >= 0.6 is 0 Å². The van der Waals surface area contributed by atoms with Gasteiger partial charge in [0.15, 0.2) is 0 Å². The molecule has 0 radical (unpaired) electrons. The zero-order valence-corrected chi connectivity index (χ0v) is 12.9. The summed E-state index contributed by atoms with van der Waals surface area (Å²) >= 11 is 0. The number of sulfonamides is 1. The molecular formula is C15H24N2O2S. The minimum Gasteiger partial charge on any atom is -0.399 e. The molecule has 0 heterocycles. The molecule has 0 unspecified atom stereocenters. The second kappa shape index (κ2) is 6.59. The van der Waals surface area contributed by atoms with Crippen molar-refractivity contribution in [3.05, 3.63) is 29.8 Å². The monoisotopic (exact) mass is 296 g/mol. The second-order valence-electron chi connectivity index (χ2n) is 5.53. The van der Waals surface area contributed by atoms with Crippen molar-refractivity contribution in [2.24, 2.45) is 0 Å². The number of hydrogen-bond donors (Lipinski definition) is 1. The van der Waals surface area contributed by atoms with Gasteiger partial charge in [-0.3, -0.25) is 0 Å². The van der Waals surface area contributed by atoms with Crippen LogP contribution in [0.25, 0.3) is 0 Å². The Kier molecular flexibility index (Phi) is 5.05. The van der Waals surface area contributed by atoms with Crippen LogP contribution in [0.3, 0.4) is 0 Å². The predicted molar refractivity (Wildman–Crippen MR) is 82.7 cm³/mol. The van der Waals surface area contributed by atoms with Gasteiger partial charge in [0, 0.05) is 18.8 Å². The molecule has 0 spiro atoms. The van der Waals surface area contributed by atoms with Gasteiger partial charge in [0.05, 0.1) is 5.25 Å². The van der Waals surface area contributed by atoms with Crippen LogP contribution in [0.4, 0.5) is 5.69 Å². The standard InChI is InChI=1S/C15H24N2O2S/c1-2-11-17(12-13-7-9-14(16)10-8-13)20(18,19)15-5-3-4-6-15/h7-10,15H,2-6,11-12,16H2,1H3. The Labute approximate surface area is 122 Å². The van der Waals surface area contributed by atoms with Crippen molar-refractivity contribution < 1.29 is 8.42 Å². The maximum Gasteiger partial charge on any atom is 0.217 e. The minimum atomic E-state index is -3.17. The first-order chi connectivity index (χ1) is 9.54. The summed E-state index contributed by atoms with van der Waals surface area (Å²) in [5.74, 6) is 0. The average molecular weight is 296 g/mol. The predicted octanol–water partition coefficient (Wildman–Crippen LogP) is 2.75. The highest BCUT2D eigenvalue weighted by Crippen LogP contribution is 2.28. The SMILES string of the molecule is CCCN(Cc1ccc(N)cc1)S(=O)(=O)C1CCCC1. The van der Waals surface area contributed by atoms with E-state index in [4.69, 9.17) is 5.73 Å². The van der Waals surface area contributed by atoms with Gasteiger partial charge in [-0.2, -0.15) is 4.31 Å². The van der Waals surface area contributed by atoms with Crippen molar-refractivity contribution in [1.82, 2.24) is 4.31 Å². The third-order valence-corrected chi connectivity index (χ3v) is 6.24. The Morgan fingerprint density at radius 2 is 1.80 bits per heavy atom. The molecule has 2 rings (SSSR count). The zero-order valence-electron chi connectivity index (χ0n) is 12.1. The van der Waals surface area contributed by atoms with E-state index in [2.05, 4.69) is 0 Å². The van der Waals surface area contributed by atoms with E-state index in [0.717, 1.165) is 37.7 Å². The van der Waals surface area contributed by atoms with E-state index in [-0.39, 0.29) is 5.25 Å².